The van der Waals surface area contributed by atoms with Crippen molar-refractivity contribution in [1.82, 2.24) is 4.98 Å². The average molecular weight is 284 g/mol. The number of aromatic amines is 1. The monoisotopic (exact) mass is 284 g/mol. The van der Waals surface area contributed by atoms with E-state index in [0.717, 1.165) is 12.1 Å². The average Bonchev–Trinajstić information content (AvgIpc) is 2.97. The minimum absolute atomic E-state index is 0.0665. The number of anilines is 1. The van der Waals surface area contributed by atoms with Gasteiger partial charge < -0.3 is 10.3 Å². The van der Waals surface area contributed by atoms with Crippen LogP contribution < -0.4 is 5.32 Å². The number of carbonyl (C=O) groups is 2. The molecule has 0 aliphatic rings. The zero-order valence-electron chi connectivity index (χ0n) is 12.6. The van der Waals surface area contributed by atoms with Gasteiger partial charge in [0, 0.05) is 17.4 Å². The van der Waals surface area contributed by atoms with Gasteiger partial charge in [-0.1, -0.05) is 26.0 Å². The van der Waals surface area contributed by atoms with Crippen LogP contribution in [-0.2, 0) is 0 Å². The highest BCUT2D eigenvalue weighted by molar-refractivity contribution is 6.05. The predicted octanol–water partition coefficient (Wildman–Crippen LogP) is 3.98. The van der Waals surface area contributed by atoms with E-state index in [1.165, 1.54) is 12.5 Å². The number of hydrogen-bond acceptors (Lipinski definition) is 2. The number of nitrogens with one attached hydrogen (secondary N) is 2. The first kappa shape index (κ1) is 15.0. The van der Waals surface area contributed by atoms with Crippen LogP contribution in [0.1, 0.15) is 59.5 Å². The molecule has 0 radical (unpaired) electrons. The molecule has 1 aromatic carbocycles. The van der Waals surface area contributed by atoms with Crippen molar-refractivity contribution in [2.45, 2.75) is 33.1 Å². The Kier molecular flexibility index (Phi) is 4.58. The molecule has 0 bridgehead atoms. The SMILES string of the molecule is CC[C@H](C)c1ccc(NC(=O)c2cc(C(C)=O)c[nH]2)cc1. The second kappa shape index (κ2) is 6.39. The minimum atomic E-state index is -0.251. The largest absolute Gasteiger partial charge is 0.356 e. The number of hydrogen-bond donors (Lipinski definition) is 2. The van der Waals surface area contributed by atoms with Crippen LogP contribution in [0.15, 0.2) is 36.5 Å². The Morgan fingerprint density at radius 3 is 2.43 bits per heavy atom. The van der Waals surface area contributed by atoms with E-state index in [1.54, 1.807) is 12.3 Å². The normalized spacial score (nSPS) is 12.0. The van der Waals surface area contributed by atoms with Crippen molar-refractivity contribution in [2.75, 3.05) is 5.32 Å². The van der Waals surface area contributed by atoms with Crippen molar-refractivity contribution in [3.05, 3.63) is 53.3 Å². The van der Waals surface area contributed by atoms with E-state index in [2.05, 4.69) is 24.1 Å². The zero-order chi connectivity index (χ0) is 15.4. The van der Waals surface area contributed by atoms with E-state index < -0.39 is 0 Å². The molecule has 0 unspecified atom stereocenters. The molecule has 0 fully saturated rings. The molecule has 0 spiro atoms. The Balaban J connectivity index is 2.06. The lowest BCUT2D eigenvalue weighted by Crippen LogP contribution is -2.12. The Hall–Kier alpha value is -2.36. The second-order valence-electron chi connectivity index (χ2n) is 5.24. The summed E-state index contributed by atoms with van der Waals surface area (Å²) < 4.78 is 0. The highest BCUT2D eigenvalue weighted by atomic mass is 16.2. The summed E-state index contributed by atoms with van der Waals surface area (Å²) in [7, 11) is 0. The molecule has 2 N–H and O–H groups in total. The minimum Gasteiger partial charge on any atom is -0.356 e. The molecule has 2 rings (SSSR count). The molecule has 0 aliphatic heterocycles. The lowest BCUT2D eigenvalue weighted by molar-refractivity contribution is 0.101. The van der Waals surface area contributed by atoms with Crippen LogP contribution >= 0.6 is 0 Å². The van der Waals surface area contributed by atoms with E-state index in [-0.39, 0.29) is 11.7 Å². The third-order valence-electron chi connectivity index (χ3n) is 3.68. The van der Waals surface area contributed by atoms with Gasteiger partial charge in [0.15, 0.2) is 5.78 Å². The maximum atomic E-state index is 12.1. The standard InChI is InChI=1S/C17H20N2O2/c1-4-11(2)13-5-7-15(8-6-13)19-17(21)16-9-14(10-18-16)12(3)20/h5-11,18H,4H2,1-3H3,(H,19,21)/t11-/m0/s1. The first-order chi connectivity index (χ1) is 10.0. The van der Waals surface area contributed by atoms with E-state index in [0.29, 0.717) is 17.2 Å². The van der Waals surface area contributed by atoms with E-state index in [1.807, 2.05) is 24.3 Å². The van der Waals surface area contributed by atoms with Gasteiger partial charge in [0.25, 0.3) is 5.91 Å². The summed E-state index contributed by atoms with van der Waals surface area (Å²) in [5, 5.41) is 2.81. The third kappa shape index (κ3) is 3.60. The molecule has 0 saturated heterocycles. The summed E-state index contributed by atoms with van der Waals surface area (Å²) in [5.74, 6) is 0.193. The number of H-pyrrole nitrogens is 1. The molecule has 1 atom stereocenters. The van der Waals surface area contributed by atoms with E-state index >= 15 is 0 Å². The van der Waals surface area contributed by atoms with Crippen LogP contribution in [0, 0.1) is 0 Å². The summed E-state index contributed by atoms with van der Waals surface area (Å²) in [4.78, 5) is 26.1. The first-order valence-corrected chi connectivity index (χ1v) is 7.12. The molecule has 21 heavy (non-hydrogen) atoms. The number of ketones is 1. The molecule has 1 aromatic heterocycles. The van der Waals surface area contributed by atoms with Crippen molar-refractivity contribution in [3.63, 3.8) is 0 Å². The van der Waals surface area contributed by atoms with Gasteiger partial charge in [0.05, 0.1) is 0 Å². The molecule has 2 aromatic rings. The smallest absolute Gasteiger partial charge is 0.272 e. The molecule has 0 aliphatic carbocycles. The highest BCUT2D eigenvalue weighted by Crippen LogP contribution is 2.20. The Morgan fingerprint density at radius 2 is 1.90 bits per heavy atom. The second-order valence-corrected chi connectivity index (χ2v) is 5.24. The quantitative estimate of drug-likeness (QED) is 0.816. The van der Waals surface area contributed by atoms with Gasteiger partial charge >= 0.3 is 0 Å². The maximum Gasteiger partial charge on any atom is 0.272 e. The van der Waals surface area contributed by atoms with Crippen LogP contribution in [0.25, 0.3) is 0 Å². The van der Waals surface area contributed by atoms with Crippen LogP contribution in [-0.4, -0.2) is 16.7 Å². The van der Waals surface area contributed by atoms with Crippen LogP contribution in [0.2, 0.25) is 0 Å². The number of amides is 1. The molecular formula is C17H20N2O2. The molecule has 4 heteroatoms. The van der Waals surface area contributed by atoms with E-state index in [9.17, 15) is 9.59 Å². The predicted molar refractivity (Wildman–Crippen MR) is 83.9 cm³/mol. The van der Waals surface area contributed by atoms with Crippen molar-refractivity contribution in [3.8, 4) is 0 Å². The number of carbonyl (C=O) groups excluding carboxylic acids is 2. The highest BCUT2D eigenvalue weighted by Gasteiger charge is 2.11. The summed E-state index contributed by atoms with van der Waals surface area (Å²) in [6.07, 6.45) is 2.63. The van der Waals surface area contributed by atoms with Crippen LogP contribution in [0.3, 0.4) is 0 Å². The lowest BCUT2D eigenvalue weighted by atomic mass is 9.99. The molecular weight excluding hydrogens is 264 g/mol. The van der Waals surface area contributed by atoms with Gasteiger partial charge in [-0.15, -0.1) is 0 Å². The summed E-state index contributed by atoms with van der Waals surface area (Å²) in [6, 6.07) is 9.41. The van der Waals surface area contributed by atoms with Gasteiger partial charge in [-0.3, -0.25) is 9.59 Å². The van der Waals surface area contributed by atoms with Crippen molar-refractivity contribution in [2.24, 2.45) is 0 Å². The fourth-order valence-electron chi connectivity index (χ4n) is 2.06. The summed E-state index contributed by atoms with van der Waals surface area (Å²) >= 11 is 0. The van der Waals surface area contributed by atoms with Gasteiger partial charge in [-0.25, -0.2) is 0 Å². The van der Waals surface area contributed by atoms with Crippen LogP contribution in [0.4, 0.5) is 5.69 Å². The third-order valence-corrected chi connectivity index (χ3v) is 3.68. The summed E-state index contributed by atoms with van der Waals surface area (Å²) in [6.45, 7) is 5.80. The Morgan fingerprint density at radius 1 is 1.24 bits per heavy atom. The van der Waals surface area contributed by atoms with Gasteiger partial charge in [0.1, 0.15) is 5.69 Å². The fraction of sp³-hybridized carbons (Fsp3) is 0.294. The Bertz CT molecular complexity index is 641. The number of Topliss-reactive ketones (excluding diaryl/α,β-unsaturated/α-hetero) is 1. The van der Waals surface area contributed by atoms with E-state index in [4.69, 9.17) is 0 Å². The molecule has 0 saturated carbocycles. The molecule has 110 valence electrons. The topological polar surface area (TPSA) is 62.0 Å². The number of aromatic nitrogens is 1. The fourth-order valence-corrected chi connectivity index (χ4v) is 2.06. The number of benzene rings is 1. The first-order valence-electron chi connectivity index (χ1n) is 7.12. The summed E-state index contributed by atoms with van der Waals surface area (Å²) in [5.41, 5.74) is 2.89. The van der Waals surface area contributed by atoms with Gasteiger partial charge in [0.2, 0.25) is 0 Å². The van der Waals surface area contributed by atoms with Crippen LogP contribution in [0.5, 0.6) is 0 Å². The van der Waals surface area contributed by atoms with Crippen molar-refractivity contribution >= 4 is 17.4 Å². The molecule has 1 heterocycles. The van der Waals surface area contributed by atoms with Crippen molar-refractivity contribution < 1.29 is 9.59 Å². The maximum absolute atomic E-state index is 12.1. The molecule has 1 amide bonds. The van der Waals surface area contributed by atoms with Crippen molar-refractivity contribution in [1.29, 1.82) is 0 Å². The lowest BCUT2D eigenvalue weighted by Gasteiger charge is -2.10. The zero-order valence-corrected chi connectivity index (χ0v) is 12.6. The number of rotatable bonds is 5. The Labute approximate surface area is 124 Å². The van der Waals surface area contributed by atoms with Gasteiger partial charge in [-0.05, 0) is 43.0 Å². The van der Waals surface area contributed by atoms with Gasteiger partial charge in [-0.2, -0.15) is 0 Å². The molecule has 4 nitrogen and oxygen atoms in total.